The molecule has 0 amide bonds. The van der Waals surface area contributed by atoms with Crippen molar-refractivity contribution in [2.24, 2.45) is 0 Å². The van der Waals surface area contributed by atoms with E-state index in [9.17, 15) is 4.39 Å². The Morgan fingerprint density at radius 2 is 1.81 bits per heavy atom. The highest BCUT2D eigenvalue weighted by Crippen LogP contribution is 2.09. The molecule has 1 aromatic carbocycles. The van der Waals surface area contributed by atoms with E-state index in [0.29, 0.717) is 6.54 Å². The second-order valence-electron chi connectivity index (χ2n) is 3.47. The van der Waals surface area contributed by atoms with Crippen LogP contribution in [0, 0.1) is 12.7 Å². The number of benzene rings is 1. The minimum atomic E-state index is -0.223. The highest BCUT2D eigenvalue weighted by atomic mass is 19.1. The Hall–Kier alpha value is -1.97. The van der Waals surface area contributed by atoms with Crippen LogP contribution >= 0.6 is 0 Å². The summed E-state index contributed by atoms with van der Waals surface area (Å²) >= 11 is 0. The van der Waals surface area contributed by atoms with Crippen LogP contribution in [0.3, 0.4) is 0 Å². The molecule has 0 radical (unpaired) electrons. The molecule has 0 saturated carbocycles. The lowest BCUT2D eigenvalue weighted by atomic mass is 10.2. The van der Waals surface area contributed by atoms with E-state index in [2.05, 4.69) is 15.3 Å². The molecule has 1 aromatic heterocycles. The molecule has 82 valence electrons. The molecule has 0 unspecified atom stereocenters. The molecule has 0 atom stereocenters. The summed E-state index contributed by atoms with van der Waals surface area (Å²) in [5.74, 6) is 0.534. The van der Waals surface area contributed by atoms with Crippen molar-refractivity contribution in [3.8, 4) is 0 Å². The van der Waals surface area contributed by atoms with Gasteiger partial charge in [-0.25, -0.2) is 9.37 Å². The maximum atomic E-state index is 12.7. The smallest absolute Gasteiger partial charge is 0.147 e. The van der Waals surface area contributed by atoms with Crippen molar-refractivity contribution in [1.82, 2.24) is 9.97 Å². The fourth-order valence-corrected chi connectivity index (χ4v) is 1.37. The molecule has 1 heterocycles. The molecule has 0 fully saturated rings. The molecule has 0 saturated heterocycles. The summed E-state index contributed by atoms with van der Waals surface area (Å²) in [5.41, 5.74) is 1.86. The largest absolute Gasteiger partial charge is 0.364 e. The molecule has 0 aliphatic carbocycles. The van der Waals surface area contributed by atoms with Gasteiger partial charge in [-0.3, -0.25) is 4.98 Å². The Morgan fingerprint density at radius 3 is 2.50 bits per heavy atom. The molecule has 0 aliphatic heterocycles. The lowest BCUT2D eigenvalue weighted by Crippen LogP contribution is -2.03. The average molecular weight is 217 g/mol. The van der Waals surface area contributed by atoms with Gasteiger partial charge in [0.2, 0.25) is 0 Å². The average Bonchev–Trinajstić information content (AvgIpc) is 2.30. The normalized spacial score (nSPS) is 10.1. The van der Waals surface area contributed by atoms with E-state index in [0.717, 1.165) is 17.1 Å². The molecule has 1 N–H and O–H groups in total. The highest BCUT2D eigenvalue weighted by Gasteiger charge is 1.99. The van der Waals surface area contributed by atoms with E-state index in [-0.39, 0.29) is 5.82 Å². The van der Waals surface area contributed by atoms with Crippen LogP contribution in [0.5, 0.6) is 0 Å². The molecule has 2 rings (SSSR count). The van der Waals surface area contributed by atoms with E-state index in [1.165, 1.54) is 12.1 Å². The van der Waals surface area contributed by atoms with E-state index in [1.54, 1.807) is 24.5 Å². The van der Waals surface area contributed by atoms with Gasteiger partial charge in [0.1, 0.15) is 11.6 Å². The number of nitrogens with zero attached hydrogens (tertiary/aromatic N) is 2. The summed E-state index contributed by atoms with van der Waals surface area (Å²) in [7, 11) is 0. The Balaban J connectivity index is 2.02. The van der Waals surface area contributed by atoms with Crippen LogP contribution in [0.4, 0.5) is 10.2 Å². The van der Waals surface area contributed by atoms with Crippen molar-refractivity contribution < 1.29 is 4.39 Å². The van der Waals surface area contributed by atoms with Gasteiger partial charge in [-0.2, -0.15) is 0 Å². The molecule has 4 heteroatoms. The van der Waals surface area contributed by atoms with Crippen LogP contribution in [0.2, 0.25) is 0 Å². The predicted molar refractivity (Wildman–Crippen MR) is 60.5 cm³/mol. The van der Waals surface area contributed by atoms with E-state index in [1.807, 2.05) is 6.92 Å². The van der Waals surface area contributed by atoms with Crippen molar-refractivity contribution in [1.29, 1.82) is 0 Å². The Morgan fingerprint density at radius 1 is 1.12 bits per heavy atom. The van der Waals surface area contributed by atoms with Crippen LogP contribution in [-0.4, -0.2) is 9.97 Å². The second kappa shape index (κ2) is 4.70. The SMILES string of the molecule is Cc1nccnc1NCc1ccc(F)cc1. The zero-order chi connectivity index (χ0) is 11.4. The molecule has 2 aromatic rings. The number of hydrogen-bond donors (Lipinski definition) is 1. The molecule has 0 spiro atoms. The van der Waals surface area contributed by atoms with Crippen LogP contribution in [0.1, 0.15) is 11.3 Å². The van der Waals surface area contributed by atoms with Gasteiger partial charge in [0.15, 0.2) is 0 Å². The predicted octanol–water partition coefficient (Wildman–Crippen LogP) is 2.54. The van der Waals surface area contributed by atoms with Gasteiger partial charge in [0, 0.05) is 18.9 Å². The van der Waals surface area contributed by atoms with Gasteiger partial charge in [0.25, 0.3) is 0 Å². The fourth-order valence-electron chi connectivity index (χ4n) is 1.37. The maximum Gasteiger partial charge on any atom is 0.147 e. The van der Waals surface area contributed by atoms with Crippen LogP contribution < -0.4 is 5.32 Å². The summed E-state index contributed by atoms with van der Waals surface area (Å²) in [6, 6.07) is 6.38. The lowest BCUT2D eigenvalue weighted by molar-refractivity contribution is 0.627. The van der Waals surface area contributed by atoms with Gasteiger partial charge in [-0.05, 0) is 24.6 Å². The third-order valence-electron chi connectivity index (χ3n) is 2.25. The van der Waals surface area contributed by atoms with Gasteiger partial charge < -0.3 is 5.32 Å². The summed E-state index contributed by atoms with van der Waals surface area (Å²) in [5, 5.41) is 3.15. The summed E-state index contributed by atoms with van der Waals surface area (Å²) in [4.78, 5) is 8.28. The third kappa shape index (κ3) is 2.53. The molecule has 16 heavy (non-hydrogen) atoms. The first-order chi connectivity index (χ1) is 7.75. The summed E-state index contributed by atoms with van der Waals surface area (Å²) < 4.78 is 12.7. The first kappa shape index (κ1) is 10.5. The zero-order valence-electron chi connectivity index (χ0n) is 8.94. The zero-order valence-corrected chi connectivity index (χ0v) is 8.94. The quantitative estimate of drug-likeness (QED) is 0.858. The van der Waals surface area contributed by atoms with Crippen molar-refractivity contribution in [3.05, 3.63) is 53.7 Å². The molecule has 0 bridgehead atoms. The minimum absolute atomic E-state index is 0.223. The Kier molecular flexibility index (Phi) is 3.10. The Labute approximate surface area is 93.4 Å². The van der Waals surface area contributed by atoms with E-state index in [4.69, 9.17) is 0 Å². The third-order valence-corrected chi connectivity index (χ3v) is 2.25. The van der Waals surface area contributed by atoms with Crippen LogP contribution in [0.25, 0.3) is 0 Å². The first-order valence-corrected chi connectivity index (χ1v) is 5.01. The standard InChI is InChI=1S/C12H12FN3/c1-9-12(15-7-6-14-9)16-8-10-2-4-11(13)5-3-10/h2-7H,8H2,1H3,(H,15,16). The number of halogens is 1. The molecule has 0 aliphatic rings. The highest BCUT2D eigenvalue weighted by molar-refractivity contribution is 5.39. The van der Waals surface area contributed by atoms with Crippen molar-refractivity contribution in [2.45, 2.75) is 13.5 Å². The summed E-state index contributed by atoms with van der Waals surface area (Å²) in [6.07, 6.45) is 3.29. The van der Waals surface area contributed by atoms with Crippen LogP contribution in [-0.2, 0) is 6.54 Å². The van der Waals surface area contributed by atoms with E-state index >= 15 is 0 Å². The number of hydrogen-bond acceptors (Lipinski definition) is 3. The topological polar surface area (TPSA) is 37.8 Å². The number of aromatic nitrogens is 2. The Bertz CT molecular complexity index is 468. The van der Waals surface area contributed by atoms with Gasteiger partial charge in [0.05, 0.1) is 5.69 Å². The number of nitrogens with one attached hydrogen (secondary N) is 1. The van der Waals surface area contributed by atoms with E-state index < -0.39 is 0 Å². The minimum Gasteiger partial charge on any atom is -0.364 e. The van der Waals surface area contributed by atoms with Crippen molar-refractivity contribution >= 4 is 5.82 Å². The van der Waals surface area contributed by atoms with Gasteiger partial charge in [-0.15, -0.1) is 0 Å². The lowest BCUT2D eigenvalue weighted by Gasteiger charge is -2.07. The van der Waals surface area contributed by atoms with Crippen molar-refractivity contribution in [2.75, 3.05) is 5.32 Å². The first-order valence-electron chi connectivity index (χ1n) is 5.01. The summed E-state index contributed by atoms with van der Waals surface area (Å²) in [6.45, 7) is 2.50. The number of anilines is 1. The van der Waals surface area contributed by atoms with Crippen LogP contribution in [0.15, 0.2) is 36.7 Å². The second-order valence-corrected chi connectivity index (χ2v) is 3.47. The number of aryl methyl sites for hydroxylation is 1. The monoisotopic (exact) mass is 217 g/mol. The van der Waals surface area contributed by atoms with Gasteiger partial charge in [-0.1, -0.05) is 12.1 Å². The van der Waals surface area contributed by atoms with Crippen molar-refractivity contribution in [3.63, 3.8) is 0 Å². The molecular weight excluding hydrogens is 205 g/mol. The fraction of sp³-hybridized carbons (Fsp3) is 0.167. The molecule has 3 nitrogen and oxygen atoms in total. The van der Waals surface area contributed by atoms with Gasteiger partial charge >= 0.3 is 0 Å². The maximum absolute atomic E-state index is 12.7. The molecular formula is C12H12FN3. The number of rotatable bonds is 3.